The van der Waals surface area contributed by atoms with Crippen LogP contribution >= 0.6 is 0 Å². The van der Waals surface area contributed by atoms with Crippen molar-refractivity contribution in [2.45, 2.75) is 0 Å². The van der Waals surface area contributed by atoms with Crippen molar-refractivity contribution in [2.24, 2.45) is 0 Å². The average Bonchev–Trinajstić information content (AvgIpc) is 2.45. The Morgan fingerprint density at radius 1 is 1.23 bits per heavy atom. The molecular formula is C14H10FNO6. The van der Waals surface area contributed by atoms with Crippen LogP contribution in [0.5, 0.6) is 17.2 Å². The van der Waals surface area contributed by atoms with Gasteiger partial charge in [0.2, 0.25) is 11.6 Å². The average molecular weight is 307 g/mol. The molecule has 0 radical (unpaired) electrons. The number of nitrogens with zero attached hydrogens (tertiary/aromatic N) is 1. The molecule has 2 N–H and O–H groups in total. The highest BCUT2D eigenvalue weighted by atomic mass is 19.1. The highest BCUT2D eigenvalue weighted by Crippen LogP contribution is 2.25. The first-order chi connectivity index (χ1) is 10.4. The van der Waals surface area contributed by atoms with Gasteiger partial charge in [-0.3, -0.25) is 14.9 Å². The first-order valence-electron chi connectivity index (χ1n) is 6.00. The van der Waals surface area contributed by atoms with Gasteiger partial charge in [-0.2, -0.15) is 4.39 Å². The van der Waals surface area contributed by atoms with Crippen molar-refractivity contribution in [1.82, 2.24) is 0 Å². The maximum absolute atomic E-state index is 13.2. The van der Waals surface area contributed by atoms with Crippen LogP contribution in [-0.2, 0) is 0 Å². The van der Waals surface area contributed by atoms with E-state index in [1.807, 2.05) is 0 Å². The third kappa shape index (κ3) is 3.29. The van der Waals surface area contributed by atoms with Crippen molar-refractivity contribution >= 4 is 11.5 Å². The molecule has 0 aliphatic rings. The Labute approximate surface area is 123 Å². The van der Waals surface area contributed by atoms with Gasteiger partial charge in [-0.25, -0.2) is 0 Å². The van der Waals surface area contributed by atoms with Crippen molar-refractivity contribution in [1.29, 1.82) is 0 Å². The van der Waals surface area contributed by atoms with Crippen molar-refractivity contribution in [3.63, 3.8) is 0 Å². The molecule has 114 valence electrons. The molecule has 0 saturated heterocycles. The first kappa shape index (κ1) is 15.2. The van der Waals surface area contributed by atoms with E-state index >= 15 is 0 Å². The summed E-state index contributed by atoms with van der Waals surface area (Å²) in [6, 6.07) is 6.29. The molecule has 0 fully saturated rings. The molecule has 2 rings (SSSR count). The summed E-state index contributed by atoms with van der Waals surface area (Å²) in [5.74, 6) is -2.30. The second-order valence-electron chi connectivity index (χ2n) is 4.28. The molecule has 0 amide bonds. The summed E-state index contributed by atoms with van der Waals surface area (Å²) in [4.78, 5) is 21.6. The molecule has 2 aromatic carbocycles. The number of ketones is 1. The molecule has 0 spiro atoms. The van der Waals surface area contributed by atoms with Gasteiger partial charge in [-0.05, 0) is 24.3 Å². The van der Waals surface area contributed by atoms with E-state index in [4.69, 9.17) is 9.84 Å². The van der Waals surface area contributed by atoms with Crippen LogP contribution in [0.2, 0.25) is 0 Å². The lowest BCUT2D eigenvalue weighted by Crippen LogP contribution is -2.12. The van der Waals surface area contributed by atoms with E-state index in [9.17, 15) is 24.4 Å². The molecular weight excluding hydrogens is 297 g/mol. The molecule has 0 unspecified atom stereocenters. The summed E-state index contributed by atoms with van der Waals surface area (Å²) in [5.41, 5.74) is -0.841. The molecule has 2 aromatic rings. The molecule has 0 aliphatic carbocycles. The number of halogens is 1. The summed E-state index contributed by atoms with van der Waals surface area (Å²) < 4.78 is 18.2. The monoisotopic (exact) mass is 307 g/mol. The Morgan fingerprint density at radius 3 is 2.59 bits per heavy atom. The van der Waals surface area contributed by atoms with Crippen LogP contribution in [0, 0.1) is 15.9 Å². The van der Waals surface area contributed by atoms with Gasteiger partial charge >= 0.3 is 5.69 Å². The fourth-order valence-corrected chi connectivity index (χ4v) is 1.70. The van der Waals surface area contributed by atoms with E-state index in [-0.39, 0.29) is 17.1 Å². The SMILES string of the molecule is O=C(COc1ccc(F)c([N+](=O)[O-])c1)c1ccc(O)cc1O. The van der Waals surface area contributed by atoms with Gasteiger partial charge in [0, 0.05) is 6.07 Å². The Balaban J connectivity index is 2.11. The normalized spacial score (nSPS) is 10.2. The number of carbonyl (C=O) groups excluding carboxylic acids is 1. The van der Waals surface area contributed by atoms with Crippen LogP contribution in [-0.4, -0.2) is 27.5 Å². The zero-order valence-corrected chi connectivity index (χ0v) is 11.0. The molecule has 0 atom stereocenters. The fourth-order valence-electron chi connectivity index (χ4n) is 1.70. The fraction of sp³-hybridized carbons (Fsp3) is 0.0714. The molecule has 0 bridgehead atoms. The largest absolute Gasteiger partial charge is 0.508 e. The number of rotatable bonds is 5. The van der Waals surface area contributed by atoms with E-state index < -0.39 is 34.6 Å². The van der Waals surface area contributed by atoms with Gasteiger partial charge in [-0.1, -0.05) is 0 Å². The highest BCUT2D eigenvalue weighted by Gasteiger charge is 2.17. The number of carbonyl (C=O) groups is 1. The number of hydrogen-bond acceptors (Lipinski definition) is 6. The molecule has 7 nitrogen and oxygen atoms in total. The summed E-state index contributed by atoms with van der Waals surface area (Å²) in [6.45, 7) is -0.513. The molecule has 22 heavy (non-hydrogen) atoms. The standard InChI is InChI=1S/C14H10FNO6/c15-11-4-2-9(6-12(11)16(20)21)22-7-14(19)10-3-1-8(17)5-13(10)18/h1-6,17-18H,7H2. The molecule has 8 heteroatoms. The van der Waals surface area contributed by atoms with Crippen LogP contribution in [0.15, 0.2) is 36.4 Å². The lowest BCUT2D eigenvalue weighted by atomic mass is 10.1. The van der Waals surface area contributed by atoms with Gasteiger partial charge in [0.25, 0.3) is 0 Å². The molecule has 0 aliphatic heterocycles. The smallest absolute Gasteiger partial charge is 0.308 e. The Kier molecular flexibility index (Phi) is 4.21. The van der Waals surface area contributed by atoms with Crippen LogP contribution in [0.4, 0.5) is 10.1 Å². The van der Waals surface area contributed by atoms with Crippen molar-refractivity contribution in [3.8, 4) is 17.2 Å². The zero-order chi connectivity index (χ0) is 16.3. The van der Waals surface area contributed by atoms with E-state index in [1.165, 1.54) is 12.1 Å². The predicted molar refractivity (Wildman–Crippen MR) is 72.7 cm³/mol. The number of Topliss-reactive ketones (excluding diaryl/α,β-unsaturated/α-hetero) is 1. The number of phenols is 2. The summed E-state index contributed by atoms with van der Waals surface area (Å²) >= 11 is 0. The van der Waals surface area contributed by atoms with Crippen LogP contribution in [0.1, 0.15) is 10.4 Å². The topological polar surface area (TPSA) is 110 Å². The van der Waals surface area contributed by atoms with Crippen LogP contribution < -0.4 is 4.74 Å². The van der Waals surface area contributed by atoms with E-state index in [0.717, 1.165) is 24.3 Å². The number of benzene rings is 2. The summed E-state index contributed by atoms with van der Waals surface area (Å²) in [7, 11) is 0. The lowest BCUT2D eigenvalue weighted by Gasteiger charge is -2.07. The summed E-state index contributed by atoms with van der Waals surface area (Å²) in [6.07, 6.45) is 0. The minimum absolute atomic E-state index is 0.0558. The third-order valence-electron chi connectivity index (χ3n) is 2.77. The van der Waals surface area contributed by atoms with Gasteiger partial charge in [0.15, 0.2) is 6.61 Å². The van der Waals surface area contributed by atoms with Gasteiger partial charge in [0.1, 0.15) is 17.2 Å². The summed E-state index contributed by atoms with van der Waals surface area (Å²) in [5, 5.41) is 29.3. The number of hydrogen-bond donors (Lipinski definition) is 2. The minimum atomic E-state index is -1.01. The second-order valence-corrected chi connectivity index (χ2v) is 4.28. The maximum atomic E-state index is 13.2. The number of nitro groups is 1. The lowest BCUT2D eigenvalue weighted by molar-refractivity contribution is -0.387. The van der Waals surface area contributed by atoms with E-state index in [0.29, 0.717) is 0 Å². The molecule has 0 heterocycles. The number of aromatic hydroxyl groups is 2. The molecule has 0 saturated carbocycles. The highest BCUT2D eigenvalue weighted by molar-refractivity contribution is 5.99. The molecule has 0 aromatic heterocycles. The maximum Gasteiger partial charge on any atom is 0.308 e. The van der Waals surface area contributed by atoms with Crippen molar-refractivity contribution in [3.05, 3.63) is 57.9 Å². The minimum Gasteiger partial charge on any atom is -0.508 e. The predicted octanol–water partition coefficient (Wildman–Crippen LogP) is 2.41. The van der Waals surface area contributed by atoms with Crippen LogP contribution in [0.25, 0.3) is 0 Å². The van der Waals surface area contributed by atoms with Gasteiger partial charge in [0.05, 0.1) is 16.6 Å². The van der Waals surface area contributed by atoms with Gasteiger partial charge in [-0.15, -0.1) is 0 Å². The van der Waals surface area contributed by atoms with Crippen LogP contribution in [0.3, 0.4) is 0 Å². The van der Waals surface area contributed by atoms with Crippen molar-refractivity contribution < 1.29 is 29.1 Å². The van der Waals surface area contributed by atoms with Gasteiger partial charge < -0.3 is 14.9 Å². The number of phenolic OH excluding ortho intramolecular Hbond substituents is 2. The number of ether oxygens (including phenoxy) is 1. The Bertz CT molecular complexity index is 746. The second kappa shape index (κ2) is 6.08. The Morgan fingerprint density at radius 2 is 1.95 bits per heavy atom. The quantitative estimate of drug-likeness (QED) is 0.498. The number of nitro benzene ring substituents is 1. The van der Waals surface area contributed by atoms with E-state index in [1.54, 1.807) is 0 Å². The van der Waals surface area contributed by atoms with Crippen molar-refractivity contribution in [2.75, 3.05) is 6.61 Å². The van der Waals surface area contributed by atoms with E-state index in [2.05, 4.69) is 0 Å². The zero-order valence-electron chi connectivity index (χ0n) is 11.0. The first-order valence-corrected chi connectivity index (χ1v) is 6.00. The third-order valence-corrected chi connectivity index (χ3v) is 2.77. The Hall–Kier alpha value is -3.16.